The summed E-state index contributed by atoms with van der Waals surface area (Å²) < 4.78 is 40.6. The summed E-state index contributed by atoms with van der Waals surface area (Å²) in [6, 6.07) is 18.3. The average Bonchev–Trinajstić information content (AvgIpc) is 3.11. The van der Waals surface area contributed by atoms with Gasteiger partial charge in [-0.15, -0.1) is 0 Å². The molecule has 2 heterocycles. The summed E-state index contributed by atoms with van der Waals surface area (Å²) in [6.45, 7) is 2.74. The molecule has 3 aromatic carbocycles. The second-order valence-electron chi connectivity index (χ2n) is 8.56. The third kappa shape index (κ3) is 4.17. The van der Waals surface area contributed by atoms with Gasteiger partial charge < -0.3 is 9.80 Å². The van der Waals surface area contributed by atoms with Gasteiger partial charge in [0.2, 0.25) is 0 Å². The molecule has 0 N–H and O–H groups in total. The number of nitrogens with zero attached hydrogens (tertiary/aromatic N) is 2. The van der Waals surface area contributed by atoms with Crippen LogP contribution < -0.4 is 4.90 Å². The quantitative estimate of drug-likeness (QED) is 0.451. The zero-order valence-corrected chi connectivity index (χ0v) is 17.7. The smallest absolute Gasteiger partial charge is 0.123 e. The fraction of sp³-hybridized carbons (Fsp3) is 0.259. The minimum absolute atomic E-state index is 0.209. The van der Waals surface area contributed by atoms with Gasteiger partial charge in [-0.3, -0.25) is 0 Å². The average molecular weight is 435 g/mol. The summed E-state index contributed by atoms with van der Waals surface area (Å²) in [5, 5.41) is 0. The lowest BCUT2D eigenvalue weighted by Crippen LogP contribution is -2.45. The fourth-order valence-corrected chi connectivity index (χ4v) is 5.03. The fourth-order valence-electron chi connectivity index (χ4n) is 5.03. The monoisotopic (exact) mass is 434 g/mol. The van der Waals surface area contributed by atoms with Crippen LogP contribution in [0.5, 0.6) is 0 Å². The van der Waals surface area contributed by atoms with E-state index < -0.39 is 0 Å². The number of fused-ring (bicyclic) bond motifs is 3. The highest BCUT2D eigenvalue weighted by molar-refractivity contribution is 5.73. The molecule has 1 fully saturated rings. The number of hydrogen-bond donors (Lipinski definition) is 0. The Balaban J connectivity index is 1.30. The van der Waals surface area contributed by atoms with Crippen LogP contribution in [0.15, 0.2) is 72.8 Å². The Hall–Kier alpha value is -3.05. The predicted molar refractivity (Wildman–Crippen MR) is 123 cm³/mol. The maximum absolute atomic E-state index is 14.1. The summed E-state index contributed by atoms with van der Waals surface area (Å²) in [7, 11) is 0. The van der Waals surface area contributed by atoms with Gasteiger partial charge in [0.15, 0.2) is 0 Å². The SMILES string of the molecule is Fc1ccc(/C=C/CCN2CC[C@@H]3[C@@H](C2)c2cc(F)ccc2N3c2ccc(F)cc2)cc1. The lowest BCUT2D eigenvalue weighted by Gasteiger charge is -2.39. The Bertz CT molecular complexity index is 1110. The van der Waals surface area contributed by atoms with Crippen molar-refractivity contribution in [3.63, 3.8) is 0 Å². The molecule has 164 valence electrons. The normalized spacial score (nSPS) is 20.5. The van der Waals surface area contributed by atoms with Gasteiger partial charge in [-0.25, -0.2) is 13.2 Å². The van der Waals surface area contributed by atoms with Crippen LogP contribution in [-0.4, -0.2) is 30.6 Å². The lowest BCUT2D eigenvalue weighted by atomic mass is 9.89. The van der Waals surface area contributed by atoms with E-state index in [1.807, 2.05) is 12.1 Å². The molecular weight excluding hydrogens is 409 g/mol. The Morgan fingerprint density at radius 3 is 2.28 bits per heavy atom. The van der Waals surface area contributed by atoms with Crippen molar-refractivity contribution < 1.29 is 13.2 Å². The molecule has 0 radical (unpaired) electrons. The van der Waals surface area contributed by atoms with Crippen molar-refractivity contribution in [3.05, 3.63) is 101 Å². The maximum Gasteiger partial charge on any atom is 0.123 e. The van der Waals surface area contributed by atoms with Gasteiger partial charge in [-0.1, -0.05) is 24.3 Å². The van der Waals surface area contributed by atoms with Crippen molar-refractivity contribution in [2.45, 2.75) is 24.8 Å². The van der Waals surface area contributed by atoms with Crippen molar-refractivity contribution in [1.82, 2.24) is 4.90 Å². The molecule has 2 aliphatic heterocycles. The van der Waals surface area contributed by atoms with Crippen LogP contribution in [0.3, 0.4) is 0 Å². The van der Waals surface area contributed by atoms with E-state index >= 15 is 0 Å². The minimum Gasteiger partial charge on any atom is -0.337 e. The topological polar surface area (TPSA) is 6.48 Å². The number of hydrogen-bond acceptors (Lipinski definition) is 2. The second-order valence-corrected chi connectivity index (χ2v) is 8.56. The van der Waals surface area contributed by atoms with Crippen LogP contribution in [0.1, 0.15) is 29.9 Å². The highest BCUT2D eigenvalue weighted by Gasteiger charge is 2.42. The molecule has 2 atom stereocenters. The molecule has 5 rings (SSSR count). The Morgan fingerprint density at radius 2 is 1.53 bits per heavy atom. The third-order valence-electron chi connectivity index (χ3n) is 6.54. The molecule has 2 nitrogen and oxygen atoms in total. The van der Waals surface area contributed by atoms with Crippen molar-refractivity contribution in [2.24, 2.45) is 0 Å². The van der Waals surface area contributed by atoms with E-state index in [1.54, 1.807) is 30.3 Å². The number of piperidine rings is 1. The summed E-state index contributed by atoms with van der Waals surface area (Å²) in [6.07, 6.45) is 5.99. The van der Waals surface area contributed by atoms with E-state index in [9.17, 15) is 13.2 Å². The van der Waals surface area contributed by atoms with Gasteiger partial charge in [-0.05, 0) is 78.6 Å². The van der Waals surface area contributed by atoms with Gasteiger partial charge in [-0.2, -0.15) is 0 Å². The van der Waals surface area contributed by atoms with Crippen molar-refractivity contribution in [2.75, 3.05) is 24.5 Å². The molecular formula is C27H25F3N2. The first-order valence-corrected chi connectivity index (χ1v) is 11.1. The van der Waals surface area contributed by atoms with Crippen molar-refractivity contribution in [3.8, 4) is 0 Å². The lowest BCUT2D eigenvalue weighted by molar-refractivity contribution is 0.200. The van der Waals surface area contributed by atoms with E-state index in [4.69, 9.17) is 0 Å². The molecule has 0 aliphatic carbocycles. The van der Waals surface area contributed by atoms with Crippen LogP contribution >= 0.6 is 0 Å². The molecule has 32 heavy (non-hydrogen) atoms. The highest BCUT2D eigenvalue weighted by Crippen LogP contribution is 2.48. The molecule has 5 heteroatoms. The van der Waals surface area contributed by atoms with Crippen molar-refractivity contribution in [1.29, 1.82) is 0 Å². The minimum atomic E-state index is -0.257. The molecule has 1 saturated heterocycles. The molecule has 0 bridgehead atoms. The molecule has 0 saturated carbocycles. The molecule has 0 aromatic heterocycles. The summed E-state index contributed by atoms with van der Waals surface area (Å²) >= 11 is 0. The van der Waals surface area contributed by atoms with E-state index in [0.717, 1.165) is 55.0 Å². The van der Waals surface area contributed by atoms with Gasteiger partial charge in [0.05, 0.1) is 0 Å². The molecule has 0 spiro atoms. The van der Waals surface area contributed by atoms with Crippen LogP contribution in [0.25, 0.3) is 6.08 Å². The number of rotatable bonds is 5. The van der Waals surface area contributed by atoms with Crippen LogP contribution in [-0.2, 0) is 0 Å². The van der Waals surface area contributed by atoms with Crippen LogP contribution in [0.4, 0.5) is 24.5 Å². The predicted octanol–water partition coefficient (Wildman–Crippen LogP) is 6.52. The van der Waals surface area contributed by atoms with E-state index in [0.29, 0.717) is 0 Å². The highest BCUT2D eigenvalue weighted by atomic mass is 19.1. The van der Waals surface area contributed by atoms with E-state index in [2.05, 4.69) is 15.9 Å². The third-order valence-corrected chi connectivity index (χ3v) is 6.54. The van der Waals surface area contributed by atoms with Gasteiger partial charge >= 0.3 is 0 Å². The number of likely N-dealkylation sites (tertiary alicyclic amines) is 1. The summed E-state index contributed by atoms with van der Waals surface area (Å²) in [4.78, 5) is 4.68. The van der Waals surface area contributed by atoms with E-state index in [-0.39, 0.29) is 29.4 Å². The van der Waals surface area contributed by atoms with Gasteiger partial charge in [0.1, 0.15) is 17.5 Å². The number of anilines is 2. The first-order valence-electron chi connectivity index (χ1n) is 11.1. The second kappa shape index (κ2) is 8.83. The van der Waals surface area contributed by atoms with Crippen LogP contribution in [0, 0.1) is 17.5 Å². The summed E-state index contributed by atoms with van der Waals surface area (Å²) in [5.74, 6) is -0.497. The molecule has 3 aromatic rings. The Labute approximate surface area is 186 Å². The van der Waals surface area contributed by atoms with Crippen molar-refractivity contribution >= 4 is 17.5 Å². The number of benzene rings is 3. The molecule has 0 amide bonds. The summed E-state index contributed by atoms with van der Waals surface area (Å²) in [5.41, 5.74) is 3.99. The van der Waals surface area contributed by atoms with Gasteiger partial charge in [0.25, 0.3) is 0 Å². The first kappa shape index (κ1) is 20.8. The Morgan fingerprint density at radius 1 is 0.844 bits per heavy atom. The zero-order chi connectivity index (χ0) is 22.1. The maximum atomic E-state index is 14.1. The Kier molecular flexibility index (Phi) is 5.75. The molecule has 0 unspecified atom stereocenters. The van der Waals surface area contributed by atoms with Crippen LogP contribution in [0.2, 0.25) is 0 Å². The number of halogens is 3. The first-order chi connectivity index (χ1) is 15.6. The molecule has 2 aliphatic rings. The zero-order valence-electron chi connectivity index (χ0n) is 17.7. The van der Waals surface area contributed by atoms with Gasteiger partial charge in [0, 0.05) is 43.0 Å². The standard InChI is InChI=1S/C27H25F3N2/c28-20-6-4-19(5-7-20)3-1-2-15-31-16-14-27-25(18-31)24-17-22(30)10-13-26(24)32(27)23-11-8-21(29)9-12-23/h1,3-13,17,25,27H,2,14-16,18H2/b3-1+/t25-,27+/m0/s1. The largest absolute Gasteiger partial charge is 0.337 e. The van der Waals surface area contributed by atoms with E-state index in [1.165, 1.54) is 30.3 Å².